The van der Waals surface area contributed by atoms with E-state index in [1.807, 2.05) is 12.1 Å². The number of carbonyl (C=O) groups is 1. The maximum Gasteiger partial charge on any atom is 0.349 e. The molecule has 0 unspecified atom stereocenters. The van der Waals surface area contributed by atoms with Crippen molar-refractivity contribution in [2.75, 3.05) is 44.7 Å². The summed E-state index contributed by atoms with van der Waals surface area (Å²) in [6, 6.07) is 12.3. The molecule has 2 aromatic carbocycles. The molecule has 0 aliphatic carbocycles. The van der Waals surface area contributed by atoms with Crippen LogP contribution >= 0.6 is 22.9 Å². The molecule has 1 aliphatic rings. The van der Waals surface area contributed by atoms with E-state index in [9.17, 15) is 4.79 Å². The highest BCUT2D eigenvalue weighted by atomic mass is 35.5. The Morgan fingerprint density at radius 1 is 1.11 bits per heavy atom. The van der Waals surface area contributed by atoms with E-state index in [4.69, 9.17) is 26.1 Å². The first-order valence-electron chi connectivity index (χ1n) is 9.00. The van der Waals surface area contributed by atoms with Crippen LogP contribution in [0.15, 0.2) is 42.5 Å². The Labute approximate surface area is 172 Å². The van der Waals surface area contributed by atoms with Gasteiger partial charge in [-0.3, -0.25) is 0 Å². The topological polar surface area (TPSA) is 54.9 Å². The molecule has 0 radical (unpaired) electrons. The maximum atomic E-state index is 12.1. The second kappa shape index (κ2) is 8.34. The number of rotatable bonds is 5. The van der Waals surface area contributed by atoms with E-state index in [1.165, 1.54) is 0 Å². The molecule has 4 rings (SSSR count). The van der Waals surface area contributed by atoms with Crippen molar-refractivity contribution in [1.29, 1.82) is 0 Å². The fraction of sp³-hybridized carbons (Fsp3) is 0.300. The van der Waals surface area contributed by atoms with Gasteiger partial charge < -0.3 is 19.3 Å². The highest BCUT2D eigenvalue weighted by Gasteiger charge is 2.18. The number of anilines is 1. The van der Waals surface area contributed by atoms with Crippen LogP contribution < -0.4 is 14.4 Å². The predicted molar refractivity (Wildman–Crippen MR) is 112 cm³/mol. The molecule has 6 nitrogen and oxygen atoms in total. The van der Waals surface area contributed by atoms with Gasteiger partial charge in [-0.05, 0) is 43.4 Å². The molecule has 2 heterocycles. The van der Waals surface area contributed by atoms with Crippen LogP contribution in [-0.2, 0) is 4.79 Å². The SMILES string of the molecule is CN1CCN(c2nc3ccc(OC(=O)COc4ccc(Cl)cc4)cc3s2)CC1. The molecule has 28 heavy (non-hydrogen) atoms. The molecule has 1 aromatic heterocycles. The number of fused-ring (bicyclic) bond motifs is 1. The van der Waals surface area contributed by atoms with Crippen molar-refractivity contribution < 1.29 is 14.3 Å². The summed E-state index contributed by atoms with van der Waals surface area (Å²) >= 11 is 7.45. The molecule has 0 N–H and O–H groups in total. The summed E-state index contributed by atoms with van der Waals surface area (Å²) in [6.45, 7) is 3.84. The molecular weight excluding hydrogens is 398 g/mol. The molecule has 146 valence electrons. The summed E-state index contributed by atoms with van der Waals surface area (Å²) in [6.07, 6.45) is 0. The highest BCUT2D eigenvalue weighted by Crippen LogP contribution is 2.32. The molecule has 1 fully saturated rings. The van der Waals surface area contributed by atoms with E-state index in [0.717, 1.165) is 41.5 Å². The number of nitrogens with zero attached hydrogens (tertiary/aromatic N) is 3. The molecule has 0 spiro atoms. The number of thiazole rings is 1. The number of hydrogen-bond acceptors (Lipinski definition) is 7. The van der Waals surface area contributed by atoms with Gasteiger partial charge in [0, 0.05) is 37.3 Å². The maximum absolute atomic E-state index is 12.1. The van der Waals surface area contributed by atoms with Gasteiger partial charge in [0.1, 0.15) is 11.5 Å². The minimum absolute atomic E-state index is 0.172. The quantitative estimate of drug-likeness (QED) is 0.466. The first-order chi connectivity index (χ1) is 13.6. The van der Waals surface area contributed by atoms with Crippen LogP contribution in [0.25, 0.3) is 10.2 Å². The van der Waals surface area contributed by atoms with Gasteiger partial charge in [0.25, 0.3) is 0 Å². The van der Waals surface area contributed by atoms with Crippen molar-refractivity contribution in [1.82, 2.24) is 9.88 Å². The zero-order valence-electron chi connectivity index (χ0n) is 15.4. The van der Waals surface area contributed by atoms with Gasteiger partial charge in [0.05, 0.1) is 10.2 Å². The van der Waals surface area contributed by atoms with Gasteiger partial charge in [-0.15, -0.1) is 0 Å². The molecule has 0 amide bonds. The Kier molecular flexibility index (Phi) is 5.66. The molecule has 3 aromatic rings. The normalized spacial score (nSPS) is 15.0. The lowest BCUT2D eigenvalue weighted by Gasteiger charge is -2.31. The number of piperazine rings is 1. The largest absolute Gasteiger partial charge is 0.482 e. The van der Waals surface area contributed by atoms with Gasteiger partial charge >= 0.3 is 5.97 Å². The predicted octanol–water partition coefficient (Wildman–Crippen LogP) is 3.69. The van der Waals surface area contributed by atoms with Crippen LogP contribution in [0.2, 0.25) is 5.02 Å². The number of likely N-dealkylation sites (N-methyl/N-ethyl adjacent to an activating group) is 1. The van der Waals surface area contributed by atoms with Crippen LogP contribution in [0.5, 0.6) is 11.5 Å². The fourth-order valence-electron chi connectivity index (χ4n) is 2.92. The molecule has 0 atom stereocenters. The first kappa shape index (κ1) is 19.0. The first-order valence-corrected chi connectivity index (χ1v) is 10.2. The molecule has 8 heteroatoms. The summed E-state index contributed by atoms with van der Waals surface area (Å²) in [5.41, 5.74) is 0.913. The Balaban J connectivity index is 1.38. The smallest absolute Gasteiger partial charge is 0.349 e. The van der Waals surface area contributed by atoms with E-state index >= 15 is 0 Å². The minimum Gasteiger partial charge on any atom is -0.482 e. The number of hydrogen-bond donors (Lipinski definition) is 0. The highest BCUT2D eigenvalue weighted by molar-refractivity contribution is 7.22. The summed E-state index contributed by atoms with van der Waals surface area (Å²) in [4.78, 5) is 21.4. The third-order valence-electron chi connectivity index (χ3n) is 4.52. The Morgan fingerprint density at radius 3 is 2.57 bits per heavy atom. The summed E-state index contributed by atoms with van der Waals surface area (Å²) in [5, 5.41) is 1.63. The van der Waals surface area contributed by atoms with Gasteiger partial charge in [0.15, 0.2) is 11.7 Å². The summed E-state index contributed by atoms with van der Waals surface area (Å²) in [7, 11) is 2.13. The van der Waals surface area contributed by atoms with Gasteiger partial charge in [-0.2, -0.15) is 0 Å². The van der Waals surface area contributed by atoms with Crippen LogP contribution in [0.1, 0.15) is 0 Å². The van der Waals surface area contributed by atoms with Crippen LogP contribution in [0.4, 0.5) is 5.13 Å². The Hall–Kier alpha value is -2.35. The number of benzene rings is 2. The molecule has 1 aliphatic heterocycles. The lowest BCUT2D eigenvalue weighted by atomic mass is 10.3. The van der Waals surface area contributed by atoms with Crippen molar-refractivity contribution in [3.05, 3.63) is 47.5 Å². The third-order valence-corrected chi connectivity index (χ3v) is 5.86. The average molecular weight is 418 g/mol. The third kappa shape index (κ3) is 4.55. The van der Waals surface area contributed by atoms with Crippen molar-refractivity contribution >= 4 is 44.3 Å². The Morgan fingerprint density at radius 2 is 1.82 bits per heavy atom. The van der Waals surface area contributed by atoms with Gasteiger partial charge in [0.2, 0.25) is 0 Å². The number of halogens is 1. The van der Waals surface area contributed by atoms with Crippen LogP contribution in [0, 0.1) is 0 Å². The molecule has 0 bridgehead atoms. The standard InChI is InChI=1S/C20H20ClN3O3S/c1-23-8-10-24(11-9-23)20-22-17-7-6-16(12-18(17)28-20)27-19(25)13-26-15-4-2-14(21)3-5-15/h2-7,12H,8-11,13H2,1H3. The van der Waals surface area contributed by atoms with E-state index in [-0.39, 0.29) is 6.61 Å². The van der Waals surface area contributed by atoms with Gasteiger partial charge in [-0.25, -0.2) is 9.78 Å². The lowest BCUT2D eigenvalue weighted by molar-refractivity contribution is -0.136. The van der Waals surface area contributed by atoms with Crippen molar-refractivity contribution in [2.45, 2.75) is 0 Å². The molecular formula is C20H20ClN3O3S. The average Bonchev–Trinajstić information content (AvgIpc) is 3.11. The summed E-state index contributed by atoms with van der Waals surface area (Å²) in [5.74, 6) is 0.597. The Bertz CT molecular complexity index is 968. The van der Waals surface area contributed by atoms with Crippen LogP contribution in [-0.4, -0.2) is 55.7 Å². The molecule has 1 saturated heterocycles. The monoisotopic (exact) mass is 417 g/mol. The zero-order chi connectivity index (χ0) is 19.5. The second-order valence-electron chi connectivity index (χ2n) is 6.63. The number of esters is 1. The summed E-state index contributed by atoms with van der Waals surface area (Å²) < 4.78 is 11.8. The number of carbonyl (C=O) groups excluding carboxylic acids is 1. The van der Waals surface area contributed by atoms with Crippen molar-refractivity contribution in [3.8, 4) is 11.5 Å². The van der Waals surface area contributed by atoms with Gasteiger partial charge in [-0.1, -0.05) is 22.9 Å². The van der Waals surface area contributed by atoms with Crippen molar-refractivity contribution in [3.63, 3.8) is 0 Å². The number of ether oxygens (including phenoxy) is 2. The second-order valence-corrected chi connectivity index (χ2v) is 8.08. The lowest BCUT2D eigenvalue weighted by Crippen LogP contribution is -2.44. The number of aromatic nitrogens is 1. The van der Waals surface area contributed by atoms with E-state index < -0.39 is 5.97 Å². The van der Waals surface area contributed by atoms with Crippen LogP contribution in [0.3, 0.4) is 0 Å². The van der Waals surface area contributed by atoms with E-state index in [1.54, 1.807) is 41.7 Å². The zero-order valence-corrected chi connectivity index (χ0v) is 17.0. The van der Waals surface area contributed by atoms with Crippen molar-refractivity contribution in [2.24, 2.45) is 0 Å². The fourth-order valence-corrected chi connectivity index (χ4v) is 4.09. The van der Waals surface area contributed by atoms with E-state index in [2.05, 4.69) is 16.8 Å². The molecule has 0 saturated carbocycles. The van der Waals surface area contributed by atoms with E-state index in [0.29, 0.717) is 16.5 Å². The minimum atomic E-state index is -0.460.